The number of rotatable bonds is 3. The molecule has 3 heterocycles. The number of para-hydroxylation sites is 2. The molecular weight excluding hydrogens is 392 g/mol. The Balaban J connectivity index is 1.35. The molecule has 3 aromatic rings. The van der Waals surface area contributed by atoms with Crippen LogP contribution in [0, 0.1) is 0 Å². The van der Waals surface area contributed by atoms with E-state index in [0.29, 0.717) is 25.9 Å². The normalized spacial score (nSPS) is 18.2. The molecule has 148 valence electrons. The van der Waals surface area contributed by atoms with Crippen LogP contribution in [0.15, 0.2) is 47.4 Å². The van der Waals surface area contributed by atoms with Gasteiger partial charge >= 0.3 is 0 Å². The highest BCUT2D eigenvalue weighted by molar-refractivity contribution is 7.89. The Morgan fingerprint density at radius 1 is 0.966 bits per heavy atom. The first kappa shape index (κ1) is 18.0. The molecule has 1 saturated heterocycles. The number of nitrogens with one attached hydrogen (secondary N) is 2. The fraction of sp³-hybridized carbons (Fsp3) is 0.250. The van der Waals surface area contributed by atoms with Crippen LogP contribution in [0.2, 0.25) is 0 Å². The summed E-state index contributed by atoms with van der Waals surface area (Å²) in [5.74, 6) is -0.0144. The number of aromatic nitrogens is 2. The molecule has 29 heavy (non-hydrogen) atoms. The Hall–Kier alpha value is -3.04. The van der Waals surface area contributed by atoms with E-state index in [2.05, 4.69) is 15.3 Å². The van der Waals surface area contributed by atoms with Crippen molar-refractivity contribution in [1.29, 1.82) is 0 Å². The maximum absolute atomic E-state index is 13.0. The summed E-state index contributed by atoms with van der Waals surface area (Å²) in [6, 6.07) is 11.9. The predicted octanol–water partition coefficient (Wildman–Crippen LogP) is 2.01. The Morgan fingerprint density at radius 3 is 2.45 bits per heavy atom. The van der Waals surface area contributed by atoms with Crippen molar-refractivity contribution in [2.75, 3.05) is 13.1 Å². The average molecular weight is 410 g/mol. The van der Waals surface area contributed by atoms with Gasteiger partial charge in [0.05, 0.1) is 27.1 Å². The van der Waals surface area contributed by atoms with Gasteiger partial charge < -0.3 is 4.98 Å². The molecule has 0 saturated carbocycles. The molecule has 2 N–H and O–H groups in total. The molecule has 8 nitrogen and oxygen atoms in total. The number of amides is 2. The van der Waals surface area contributed by atoms with Crippen LogP contribution in [0.5, 0.6) is 0 Å². The third-order valence-electron chi connectivity index (χ3n) is 5.59. The zero-order chi connectivity index (χ0) is 20.2. The van der Waals surface area contributed by atoms with Gasteiger partial charge in [-0.05, 0) is 43.2 Å². The van der Waals surface area contributed by atoms with Crippen molar-refractivity contribution in [3.63, 3.8) is 0 Å². The van der Waals surface area contributed by atoms with Gasteiger partial charge in [0.2, 0.25) is 10.0 Å². The van der Waals surface area contributed by atoms with E-state index in [0.717, 1.165) is 16.9 Å². The molecule has 0 unspecified atom stereocenters. The summed E-state index contributed by atoms with van der Waals surface area (Å²) in [5, 5.41) is 2.18. The number of imidazole rings is 1. The molecule has 0 radical (unpaired) electrons. The lowest BCUT2D eigenvalue weighted by molar-refractivity contribution is 0.0879. The highest BCUT2D eigenvalue weighted by atomic mass is 32.2. The van der Waals surface area contributed by atoms with Gasteiger partial charge in [-0.25, -0.2) is 13.4 Å². The molecule has 0 spiro atoms. The number of hydrogen-bond acceptors (Lipinski definition) is 5. The summed E-state index contributed by atoms with van der Waals surface area (Å²) >= 11 is 0. The smallest absolute Gasteiger partial charge is 0.258 e. The van der Waals surface area contributed by atoms with E-state index < -0.39 is 21.8 Å². The van der Waals surface area contributed by atoms with Crippen molar-refractivity contribution >= 4 is 32.9 Å². The fourth-order valence-corrected chi connectivity index (χ4v) is 5.49. The van der Waals surface area contributed by atoms with Crippen molar-refractivity contribution in [3.05, 3.63) is 59.4 Å². The van der Waals surface area contributed by atoms with Crippen LogP contribution in [0.4, 0.5) is 0 Å². The van der Waals surface area contributed by atoms with Crippen LogP contribution in [-0.4, -0.2) is 47.6 Å². The highest BCUT2D eigenvalue weighted by Crippen LogP contribution is 2.31. The van der Waals surface area contributed by atoms with Gasteiger partial charge in [-0.15, -0.1) is 0 Å². The third-order valence-corrected chi connectivity index (χ3v) is 7.49. The van der Waals surface area contributed by atoms with Gasteiger partial charge in [0.1, 0.15) is 5.82 Å². The number of carbonyl (C=O) groups is 2. The first-order valence-electron chi connectivity index (χ1n) is 9.38. The quantitative estimate of drug-likeness (QED) is 0.642. The van der Waals surface area contributed by atoms with Crippen molar-refractivity contribution in [1.82, 2.24) is 19.6 Å². The van der Waals surface area contributed by atoms with Gasteiger partial charge in [-0.1, -0.05) is 12.1 Å². The molecule has 1 fully saturated rings. The van der Waals surface area contributed by atoms with E-state index >= 15 is 0 Å². The molecule has 2 aromatic carbocycles. The largest absolute Gasteiger partial charge is 0.342 e. The van der Waals surface area contributed by atoms with E-state index in [4.69, 9.17) is 0 Å². The van der Waals surface area contributed by atoms with Crippen LogP contribution in [0.3, 0.4) is 0 Å². The van der Waals surface area contributed by atoms with Gasteiger partial charge in [0, 0.05) is 19.0 Å². The molecule has 0 bridgehead atoms. The van der Waals surface area contributed by atoms with E-state index in [1.54, 1.807) is 0 Å². The number of piperidine rings is 1. The molecular formula is C20H18N4O4S. The molecule has 2 amide bonds. The minimum absolute atomic E-state index is 0.0308. The van der Waals surface area contributed by atoms with Crippen LogP contribution in [-0.2, 0) is 10.0 Å². The lowest BCUT2D eigenvalue weighted by Crippen LogP contribution is -2.38. The van der Waals surface area contributed by atoms with E-state index in [-0.39, 0.29) is 21.9 Å². The van der Waals surface area contributed by atoms with Crippen LogP contribution >= 0.6 is 0 Å². The molecule has 5 rings (SSSR count). The summed E-state index contributed by atoms with van der Waals surface area (Å²) < 4.78 is 27.5. The highest BCUT2D eigenvalue weighted by Gasteiger charge is 2.33. The minimum atomic E-state index is -3.74. The summed E-state index contributed by atoms with van der Waals surface area (Å²) in [6.07, 6.45) is 1.31. The zero-order valence-electron chi connectivity index (χ0n) is 15.4. The monoisotopic (exact) mass is 410 g/mol. The van der Waals surface area contributed by atoms with Gasteiger partial charge in [-0.3, -0.25) is 14.9 Å². The van der Waals surface area contributed by atoms with Crippen molar-refractivity contribution in [2.24, 2.45) is 0 Å². The number of hydrogen-bond donors (Lipinski definition) is 2. The second kappa shape index (κ2) is 6.50. The molecule has 0 atom stereocenters. The Kier molecular flexibility index (Phi) is 4.04. The summed E-state index contributed by atoms with van der Waals surface area (Å²) in [5.41, 5.74) is 2.19. The van der Waals surface area contributed by atoms with Crippen molar-refractivity contribution in [2.45, 2.75) is 23.7 Å². The Labute approximate surface area is 167 Å². The summed E-state index contributed by atoms with van der Waals surface area (Å²) in [6.45, 7) is 0.735. The Morgan fingerprint density at radius 2 is 1.69 bits per heavy atom. The second-order valence-electron chi connectivity index (χ2n) is 7.31. The SMILES string of the molecule is O=C1NC(=O)c2cc(S(=O)(=O)N3CCC(c4nc5ccccc5[nH]4)CC3)ccc21. The topological polar surface area (TPSA) is 112 Å². The number of carbonyl (C=O) groups excluding carboxylic acids is 2. The van der Waals surface area contributed by atoms with E-state index in [1.165, 1.54) is 22.5 Å². The van der Waals surface area contributed by atoms with Crippen molar-refractivity contribution in [3.8, 4) is 0 Å². The third kappa shape index (κ3) is 2.93. The van der Waals surface area contributed by atoms with Crippen LogP contribution in [0.1, 0.15) is 45.3 Å². The second-order valence-corrected chi connectivity index (χ2v) is 9.25. The molecule has 9 heteroatoms. The lowest BCUT2D eigenvalue weighted by Gasteiger charge is -2.30. The lowest BCUT2D eigenvalue weighted by atomic mass is 9.97. The molecule has 2 aliphatic heterocycles. The Bertz CT molecular complexity index is 1220. The molecule has 0 aliphatic carbocycles. The molecule has 2 aliphatic rings. The van der Waals surface area contributed by atoms with Gasteiger partial charge in [-0.2, -0.15) is 4.31 Å². The van der Waals surface area contributed by atoms with Crippen molar-refractivity contribution < 1.29 is 18.0 Å². The first-order chi connectivity index (χ1) is 13.9. The predicted molar refractivity (Wildman–Crippen MR) is 105 cm³/mol. The van der Waals surface area contributed by atoms with Gasteiger partial charge in [0.15, 0.2) is 0 Å². The minimum Gasteiger partial charge on any atom is -0.342 e. The fourth-order valence-electron chi connectivity index (χ4n) is 3.99. The number of H-pyrrole nitrogens is 1. The summed E-state index contributed by atoms with van der Waals surface area (Å²) in [4.78, 5) is 31.5. The first-order valence-corrected chi connectivity index (χ1v) is 10.8. The maximum atomic E-state index is 13.0. The summed E-state index contributed by atoms with van der Waals surface area (Å²) in [7, 11) is -3.74. The number of aromatic amines is 1. The average Bonchev–Trinajstić information content (AvgIpc) is 3.29. The molecule has 1 aromatic heterocycles. The maximum Gasteiger partial charge on any atom is 0.258 e. The van der Waals surface area contributed by atoms with E-state index in [9.17, 15) is 18.0 Å². The number of benzene rings is 2. The van der Waals surface area contributed by atoms with Crippen LogP contribution in [0.25, 0.3) is 11.0 Å². The number of sulfonamides is 1. The zero-order valence-corrected chi connectivity index (χ0v) is 16.2. The van der Waals surface area contributed by atoms with Gasteiger partial charge in [0.25, 0.3) is 11.8 Å². The number of fused-ring (bicyclic) bond motifs is 2. The standard InChI is InChI=1S/C20H18N4O4S/c25-19-14-6-5-13(11-15(14)20(26)23-19)29(27,28)24-9-7-12(8-10-24)18-21-16-3-1-2-4-17(16)22-18/h1-6,11-12H,7-10H2,(H,21,22)(H,23,25,26). The van der Waals surface area contributed by atoms with Crippen LogP contribution < -0.4 is 5.32 Å². The number of nitrogens with zero attached hydrogens (tertiary/aromatic N) is 2. The number of imide groups is 1. The van der Waals surface area contributed by atoms with E-state index in [1.807, 2.05) is 24.3 Å².